The van der Waals surface area contributed by atoms with Crippen molar-refractivity contribution in [1.82, 2.24) is 5.32 Å². The summed E-state index contributed by atoms with van der Waals surface area (Å²) >= 11 is 0. The van der Waals surface area contributed by atoms with Crippen molar-refractivity contribution in [2.45, 2.75) is 309 Å². The van der Waals surface area contributed by atoms with Gasteiger partial charge in [-0.3, -0.25) is 4.79 Å². The number of allylic oxidation sites excluding steroid dienone is 7. The Morgan fingerprint density at radius 2 is 0.677 bits per heavy atom. The van der Waals surface area contributed by atoms with E-state index in [1.165, 1.54) is 238 Å². The average molecular weight is 869 g/mol. The first kappa shape index (κ1) is 60.4. The third-order valence-electron chi connectivity index (χ3n) is 12.8. The molecule has 0 aliphatic carbocycles. The molecule has 3 N–H and O–H groups in total. The first-order valence-corrected chi connectivity index (χ1v) is 27.9. The summed E-state index contributed by atoms with van der Waals surface area (Å²) in [5.41, 5.74) is 0. The van der Waals surface area contributed by atoms with Gasteiger partial charge in [0, 0.05) is 6.42 Å². The number of aliphatic hydroxyl groups excluding tert-OH is 2. The van der Waals surface area contributed by atoms with Gasteiger partial charge in [0.15, 0.2) is 0 Å². The molecule has 0 bridgehead atoms. The van der Waals surface area contributed by atoms with Gasteiger partial charge in [0.25, 0.3) is 0 Å². The average Bonchev–Trinajstić information content (AvgIpc) is 3.28. The summed E-state index contributed by atoms with van der Waals surface area (Å²) in [5, 5.41) is 23.1. The van der Waals surface area contributed by atoms with Crippen molar-refractivity contribution >= 4 is 5.91 Å². The van der Waals surface area contributed by atoms with Crippen LogP contribution in [0.5, 0.6) is 0 Å². The number of carbonyl (C=O) groups excluding carboxylic acids is 1. The lowest BCUT2D eigenvalue weighted by Crippen LogP contribution is -2.45. The standard InChI is InChI=1S/C58H109NO3/c1-3-5-7-9-11-13-15-17-19-20-21-22-23-24-25-26-27-28-29-30-31-32-33-34-35-36-37-38-40-42-44-46-48-50-52-54-58(62)59-56(55-60)57(61)53-51-49-47-45-43-41-39-18-16-14-12-10-8-6-4-2/h15,17,20-21,43,45,51,53,56-57,60-61H,3-14,16,18-19,22-42,44,46-50,52,54-55H2,1-2H3,(H,59,62)/b17-15-,21-20-,45-43+,53-51+. The Kier molecular flexibility index (Phi) is 52.3. The van der Waals surface area contributed by atoms with E-state index < -0.39 is 12.1 Å². The molecule has 0 aromatic carbocycles. The van der Waals surface area contributed by atoms with E-state index in [0.29, 0.717) is 6.42 Å². The molecule has 0 saturated carbocycles. The summed E-state index contributed by atoms with van der Waals surface area (Å²) in [7, 11) is 0. The fraction of sp³-hybridized carbons (Fsp3) is 0.845. The van der Waals surface area contributed by atoms with Crippen LogP contribution in [0.3, 0.4) is 0 Å². The predicted molar refractivity (Wildman–Crippen MR) is 276 cm³/mol. The molecule has 0 radical (unpaired) electrons. The van der Waals surface area contributed by atoms with Crippen LogP contribution in [-0.2, 0) is 4.79 Å². The predicted octanol–water partition coefficient (Wildman–Crippen LogP) is 18.3. The molecule has 2 unspecified atom stereocenters. The maximum Gasteiger partial charge on any atom is 0.220 e. The molecule has 4 nitrogen and oxygen atoms in total. The fourth-order valence-corrected chi connectivity index (χ4v) is 8.52. The molecule has 0 aliphatic heterocycles. The molecule has 0 rings (SSSR count). The Balaban J connectivity index is 3.44. The van der Waals surface area contributed by atoms with E-state index in [2.05, 4.69) is 55.6 Å². The van der Waals surface area contributed by atoms with Crippen molar-refractivity contribution in [3.05, 3.63) is 48.6 Å². The van der Waals surface area contributed by atoms with Crippen LogP contribution in [0.15, 0.2) is 48.6 Å². The number of hydrogen-bond acceptors (Lipinski definition) is 3. The summed E-state index contributed by atoms with van der Waals surface area (Å²) in [6.07, 6.45) is 74.2. The molecule has 0 aromatic heterocycles. The van der Waals surface area contributed by atoms with E-state index in [9.17, 15) is 15.0 Å². The van der Waals surface area contributed by atoms with Crippen LogP contribution in [0, 0.1) is 0 Å². The topological polar surface area (TPSA) is 69.6 Å². The minimum atomic E-state index is -0.860. The number of rotatable bonds is 51. The SMILES string of the molecule is CCCCCCC/C=C\C/C=C\CCCCCCCCCCCCCCCCCCCCCCCCCC(=O)NC(CO)C(O)/C=C/CC/C=C/CCCCCCCCCCC. The number of unbranched alkanes of at least 4 members (excludes halogenated alkanes) is 38. The third-order valence-corrected chi connectivity index (χ3v) is 12.8. The van der Waals surface area contributed by atoms with Crippen LogP contribution in [0.2, 0.25) is 0 Å². The molecule has 62 heavy (non-hydrogen) atoms. The number of aliphatic hydroxyl groups is 2. The van der Waals surface area contributed by atoms with Gasteiger partial charge in [-0.15, -0.1) is 0 Å². The van der Waals surface area contributed by atoms with Crippen molar-refractivity contribution in [1.29, 1.82) is 0 Å². The van der Waals surface area contributed by atoms with E-state index in [-0.39, 0.29) is 12.5 Å². The van der Waals surface area contributed by atoms with Crippen LogP contribution >= 0.6 is 0 Å². The van der Waals surface area contributed by atoms with E-state index >= 15 is 0 Å². The van der Waals surface area contributed by atoms with E-state index in [4.69, 9.17) is 0 Å². The highest BCUT2D eigenvalue weighted by Gasteiger charge is 2.18. The number of hydrogen-bond donors (Lipinski definition) is 3. The van der Waals surface area contributed by atoms with Gasteiger partial charge in [-0.2, -0.15) is 0 Å². The highest BCUT2D eigenvalue weighted by Crippen LogP contribution is 2.17. The van der Waals surface area contributed by atoms with Crippen LogP contribution in [0.25, 0.3) is 0 Å². The second kappa shape index (κ2) is 53.7. The quantitative estimate of drug-likeness (QED) is 0.0421. The van der Waals surface area contributed by atoms with Crippen LogP contribution < -0.4 is 5.32 Å². The van der Waals surface area contributed by atoms with Gasteiger partial charge < -0.3 is 15.5 Å². The minimum Gasteiger partial charge on any atom is -0.394 e. The molecule has 0 aromatic rings. The normalized spacial score (nSPS) is 13.2. The Morgan fingerprint density at radius 1 is 0.387 bits per heavy atom. The van der Waals surface area contributed by atoms with Crippen LogP contribution in [0.4, 0.5) is 0 Å². The maximum absolute atomic E-state index is 12.4. The largest absolute Gasteiger partial charge is 0.394 e. The van der Waals surface area contributed by atoms with Gasteiger partial charge in [-0.25, -0.2) is 0 Å². The molecule has 2 atom stereocenters. The van der Waals surface area contributed by atoms with Crippen molar-refractivity contribution < 1.29 is 15.0 Å². The minimum absolute atomic E-state index is 0.0700. The van der Waals surface area contributed by atoms with E-state index in [1.807, 2.05) is 6.08 Å². The van der Waals surface area contributed by atoms with Gasteiger partial charge in [-0.1, -0.05) is 274 Å². The summed E-state index contributed by atoms with van der Waals surface area (Å²) in [5.74, 6) is -0.0700. The lowest BCUT2D eigenvalue weighted by Gasteiger charge is -2.19. The van der Waals surface area contributed by atoms with E-state index in [0.717, 1.165) is 38.5 Å². The Bertz CT molecular complexity index is 985. The van der Waals surface area contributed by atoms with Gasteiger partial charge in [0.05, 0.1) is 18.8 Å². The monoisotopic (exact) mass is 868 g/mol. The lowest BCUT2D eigenvalue weighted by atomic mass is 10.0. The van der Waals surface area contributed by atoms with Crippen LogP contribution in [-0.4, -0.2) is 34.9 Å². The van der Waals surface area contributed by atoms with Crippen molar-refractivity contribution in [3.63, 3.8) is 0 Å². The number of carbonyl (C=O) groups is 1. The number of nitrogens with one attached hydrogen (secondary N) is 1. The second-order valence-corrected chi connectivity index (χ2v) is 19.0. The summed E-state index contributed by atoms with van der Waals surface area (Å²) < 4.78 is 0. The molecule has 0 spiro atoms. The first-order valence-electron chi connectivity index (χ1n) is 27.9. The van der Waals surface area contributed by atoms with Gasteiger partial charge >= 0.3 is 0 Å². The molecule has 0 saturated heterocycles. The van der Waals surface area contributed by atoms with Gasteiger partial charge in [0.1, 0.15) is 0 Å². The Hall–Kier alpha value is -1.65. The highest BCUT2D eigenvalue weighted by atomic mass is 16.3. The molecule has 0 fully saturated rings. The molecule has 0 heterocycles. The second-order valence-electron chi connectivity index (χ2n) is 19.0. The summed E-state index contributed by atoms with van der Waals surface area (Å²) in [6.45, 7) is 4.30. The Labute approximate surface area is 388 Å². The van der Waals surface area contributed by atoms with Crippen LogP contribution in [0.1, 0.15) is 296 Å². The zero-order valence-corrected chi connectivity index (χ0v) is 41.9. The van der Waals surface area contributed by atoms with Crippen molar-refractivity contribution in [2.75, 3.05) is 6.61 Å². The third kappa shape index (κ3) is 49.4. The molecule has 4 heteroatoms. The van der Waals surface area contributed by atoms with Gasteiger partial charge in [-0.05, 0) is 64.2 Å². The first-order chi connectivity index (χ1) is 30.7. The lowest BCUT2D eigenvalue weighted by molar-refractivity contribution is -0.123. The number of amides is 1. The zero-order chi connectivity index (χ0) is 44.9. The molecule has 1 amide bonds. The fourth-order valence-electron chi connectivity index (χ4n) is 8.52. The summed E-state index contributed by atoms with van der Waals surface area (Å²) in [6, 6.07) is -0.637. The van der Waals surface area contributed by atoms with Crippen molar-refractivity contribution in [3.8, 4) is 0 Å². The zero-order valence-electron chi connectivity index (χ0n) is 41.9. The molecular formula is C58H109NO3. The highest BCUT2D eigenvalue weighted by molar-refractivity contribution is 5.76. The maximum atomic E-state index is 12.4. The Morgan fingerprint density at radius 3 is 1.03 bits per heavy atom. The van der Waals surface area contributed by atoms with E-state index in [1.54, 1.807) is 6.08 Å². The molecule has 0 aliphatic rings. The molecule has 364 valence electrons. The molecular weight excluding hydrogens is 759 g/mol. The summed E-state index contributed by atoms with van der Waals surface area (Å²) in [4.78, 5) is 12.4. The van der Waals surface area contributed by atoms with Gasteiger partial charge in [0.2, 0.25) is 5.91 Å². The smallest absolute Gasteiger partial charge is 0.220 e. The van der Waals surface area contributed by atoms with Crippen molar-refractivity contribution in [2.24, 2.45) is 0 Å².